The lowest BCUT2D eigenvalue weighted by atomic mass is 10.1. The van der Waals surface area contributed by atoms with E-state index in [0.29, 0.717) is 0 Å². The van der Waals surface area contributed by atoms with E-state index in [0.717, 1.165) is 42.9 Å². The topological polar surface area (TPSA) is 69.8 Å². The number of aromatic amines is 1. The van der Waals surface area contributed by atoms with Crippen molar-refractivity contribution in [3.63, 3.8) is 0 Å². The summed E-state index contributed by atoms with van der Waals surface area (Å²) in [5, 5.41) is 13.2. The smallest absolute Gasteiger partial charge is 0.221 e. The van der Waals surface area contributed by atoms with Gasteiger partial charge in [-0.05, 0) is 43.5 Å². The van der Waals surface area contributed by atoms with E-state index in [4.69, 9.17) is 0 Å². The van der Waals surface area contributed by atoms with Crippen molar-refractivity contribution in [1.82, 2.24) is 15.5 Å². The fourth-order valence-corrected chi connectivity index (χ4v) is 2.24. The number of hydrogen-bond donors (Lipinski definition) is 3. The van der Waals surface area contributed by atoms with Crippen LogP contribution in [0.25, 0.3) is 0 Å². The minimum Gasteiger partial charge on any atom is -0.326 e. The van der Waals surface area contributed by atoms with E-state index in [1.165, 1.54) is 12.5 Å². The molecule has 0 aliphatic heterocycles. The Balaban J connectivity index is 1.76. The monoisotopic (exact) mass is 286 g/mol. The molecular weight excluding hydrogens is 264 g/mol. The van der Waals surface area contributed by atoms with Crippen LogP contribution < -0.4 is 10.6 Å². The Bertz CT molecular complexity index is 591. The second-order valence-electron chi connectivity index (χ2n) is 5.14. The van der Waals surface area contributed by atoms with E-state index in [1.54, 1.807) is 0 Å². The third kappa shape index (κ3) is 4.72. The van der Waals surface area contributed by atoms with Crippen LogP contribution in [0.15, 0.2) is 30.5 Å². The normalized spacial score (nSPS) is 10.6. The van der Waals surface area contributed by atoms with E-state index in [9.17, 15) is 4.79 Å². The molecule has 0 atom stereocenters. The number of aryl methyl sites for hydroxylation is 2. The van der Waals surface area contributed by atoms with Crippen molar-refractivity contribution in [2.75, 3.05) is 11.9 Å². The average Bonchev–Trinajstić information content (AvgIpc) is 2.85. The van der Waals surface area contributed by atoms with Crippen LogP contribution >= 0.6 is 0 Å². The molecule has 0 saturated heterocycles. The summed E-state index contributed by atoms with van der Waals surface area (Å²) in [6.07, 6.45) is 3.97. The zero-order valence-corrected chi connectivity index (χ0v) is 12.6. The Morgan fingerprint density at radius 2 is 2.10 bits per heavy atom. The summed E-state index contributed by atoms with van der Waals surface area (Å²) in [5.74, 6) is -0.0436. The lowest BCUT2D eigenvalue weighted by molar-refractivity contribution is -0.114. The Morgan fingerprint density at radius 1 is 1.29 bits per heavy atom. The van der Waals surface area contributed by atoms with Crippen LogP contribution in [0, 0.1) is 6.92 Å². The van der Waals surface area contributed by atoms with Crippen LogP contribution in [0.1, 0.15) is 30.2 Å². The van der Waals surface area contributed by atoms with Gasteiger partial charge < -0.3 is 10.6 Å². The van der Waals surface area contributed by atoms with Crippen molar-refractivity contribution in [3.05, 3.63) is 47.3 Å². The fraction of sp³-hybridized carbons (Fsp3) is 0.375. The van der Waals surface area contributed by atoms with Gasteiger partial charge in [0, 0.05) is 24.8 Å². The number of amides is 1. The first-order chi connectivity index (χ1) is 10.2. The van der Waals surface area contributed by atoms with Gasteiger partial charge in [-0.3, -0.25) is 9.89 Å². The number of para-hydroxylation sites is 1. The lowest BCUT2D eigenvalue weighted by Crippen LogP contribution is -2.17. The molecule has 1 aromatic heterocycles. The SMILES string of the molecule is CC(=O)Nc1ccccc1CNCCCc1cn[nH]c1C. The van der Waals surface area contributed by atoms with Gasteiger partial charge in [0.05, 0.1) is 6.20 Å². The molecule has 0 spiro atoms. The maximum atomic E-state index is 11.2. The molecule has 3 N–H and O–H groups in total. The van der Waals surface area contributed by atoms with Crippen LogP contribution in [0.2, 0.25) is 0 Å². The summed E-state index contributed by atoms with van der Waals surface area (Å²) in [5.41, 5.74) is 4.40. The third-order valence-corrected chi connectivity index (χ3v) is 3.38. The number of hydrogen-bond acceptors (Lipinski definition) is 3. The van der Waals surface area contributed by atoms with Gasteiger partial charge in [0.15, 0.2) is 0 Å². The standard InChI is InChI=1S/C16H22N4O/c1-12-14(11-18-20-12)7-5-9-17-10-15-6-3-4-8-16(15)19-13(2)21/h3-4,6,8,11,17H,5,7,9-10H2,1-2H3,(H,18,20)(H,19,21). The molecule has 0 bridgehead atoms. The molecule has 1 aromatic carbocycles. The summed E-state index contributed by atoms with van der Waals surface area (Å²) < 4.78 is 0. The second kappa shape index (κ2) is 7.59. The average molecular weight is 286 g/mol. The Labute approximate surface area is 125 Å². The maximum absolute atomic E-state index is 11.2. The summed E-state index contributed by atoms with van der Waals surface area (Å²) in [4.78, 5) is 11.2. The molecule has 1 amide bonds. The first kappa shape index (κ1) is 15.3. The number of H-pyrrole nitrogens is 1. The van der Waals surface area contributed by atoms with Crippen LogP contribution in [-0.2, 0) is 17.8 Å². The molecule has 0 unspecified atom stereocenters. The highest BCUT2D eigenvalue weighted by Crippen LogP contribution is 2.14. The van der Waals surface area contributed by atoms with Crippen molar-refractivity contribution in [3.8, 4) is 0 Å². The van der Waals surface area contributed by atoms with Crippen molar-refractivity contribution in [2.45, 2.75) is 33.2 Å². The van der Waals surface area contributed by atoms with E-state index < -0.39 is 0 Å². The molecular formula is C16H22N4O. The largest absolute Gasteiger partial charge is 0.326 e. The Morgan fingerprint density at radius 3 is 2.81 bits per heavy atom. The molecule has 21 heavy (non-hydrogen) atoms. The Kier molecular flexibility index (Phi) is 5.51. The maximum Gasteiger partial charge on any atom is 0.221 e. The zero-order chi connectivity index (χ0) is 15.1. The van der Waals surface area contributed by atoms with Crippen molar-refractivity contribution >= 4 is 11.6 Å². The molecule has 0 aliphatic rings. The molecule has 1 heterocycles. The quantitative estimate of drug-likeness (QED) is 0.685. The van der Waals surface area contributed by atoms with Crippen LogP contribution in [0.3, 0.4) is 0 Å². The predicted octanol–water partition coefficient (Wildman–Crippen LogP) is 2.40. The summed E-state index contributed by atoms with van der Waals surface area (Å²) >= 11 is 0. The van der Waals surface area contributed by atoms with Gasteiger partial charge in [-0.2, -0.15) is 5.10 Å². The first-order valence-corrected chi connectivity index (χ1v) is 7.22. The molecule has 2 aromatic rings. The number of rotatable bonds is 7. The molecule has 0 saturated carbocycles. The molecule has 0 radical (unpaired) electrons. The third-order valence-electron chi connectivity index (χ3n) is 3.38. The van der Waals surface area contributed by atoms with Crippen LogP contribution in [0.5, 0.6) is 0 Å². The number of carbonyl (C=O) groups excluding carboxylic acids is 1. The molecule has 0 aliphatic carbocycles. The summed E-state index contributed by atoms with van der Waals surface area (Å²) in [7, 11) is 0. The van der Waals surface area contributed by atoms with E-state index in [1.807, 2.05) is 37.4 Å². The van der Waals surface area contributed by atoms with Gasteiger partial charge in [-0.15, -0.1) is 0 Å². The highest BCUT2D eigenvalue weighted by Gasteiger charge is 2.03. The molecule has 5 heteroatoms. The molecule has 5 nitrogen and oxygen atoms in total. The van der Waals surface area contributed by atoms with Gasteiger partial charge >= 0.3 is 0 Å². The second-order valence-corrected chi connectivity index (χ2v) is 5.14. The van der Waals surface area contributed by atoms with E-state index >= 15 is 0 Å². The number of benzene rings is 1. The number of nitrogens with zero attached hydrogens (tertiary/aromatic N) is 1. The summed E-state index contributed by atoms with van der Waals surface area (Å²) in [6, 6.07) is 7.86. The highest BCUT2D eigenvalue weighted by atomic mass is 16.1. The van der Waals surface area contributed by atoms with Crippen molar-refractivity contribution < 1.29 is 4.79 Å². The van der Waals surface area contributed by atoms with Gasteiger partial charge in [0.2, 0.25) is 5.91 Å². The molecule has 0 fully saturated rings. The van der Waals surface area contributed by atoms with Crippen molar-refractivity contribution in [2.24, 2.45) is 0 Å². The van der Waals surface area contributed by atoms with Gasteiger partial charge in [0.1, 0.15) is 0 Å². The van der Waals surface area contributed by atoms with Gasteiger partial charge in [0.25, 0.3) is 0 Å². The minimum absolute atomic E-state index is 0.0436. The number of nitrogens with one attached hydrogen (secondary N) is 3. The minimum atomic E-state index is -0.0436. The van der Waals surface area contributed by atoms with Gasteiger partial charge in [-0.1, -0.05) is 18.2 Å². The number of aromatic nitrogens is 2. The first-order valence-electron chi connectivity index (χ1n) is 7.22. The molecule has 112 valence electrons. The summed E-state index contributed by atoms with van der Waals surface area (Å²) in [6.45, 7) is 5.25. The van der Waals surface area contributed by atoms with Crippen LogP contribution in [-0.4, -0.2) is 22.6 Å². The van der Waals surface area contributed by atoms with Gasteiger partial charge in [-0.25, -0.2) is 0 Å². The highest BCUT2D eigenvalue weighted by molar-refractivity contribution is 5.89. The predicted molar refractivity (Wildman–Crippen MR) is 84.1 cm³/mol. The van der Waals surface area contributed by atoms with Crippen molar-refractivity contribution in [1.29, 1.82) is 0 Å². The zero-order valence-electron chi connectivity index (χ0n) is 12.6. The lowest BCUT2D eigenvalue weighted by Gasteiger charge is -2.10. The van der Waals surface area contributed by atoms with E-state index in [2.05, 4.69) is 20.8 Å². The Hall–Kier alpha value is -2.14. The number of carbonyl (C=O) groups is 1. The number of anilines is 1. The fourth-order valence-electron chi connectivity index (χ4n) is 2.24. The van der Waals surface area contributed by atoms with E-state index in [-0.39, 0.29) is 5.91 Å². The van der Waals surface area contributed by atoms with Crippen LogP contribution in [0.4, 0.5) is 5.69 Å². The molecule has 2 rings (SSSR count).